The molecule has 1 amide bonds. The Morgan fingerprint density at radius 3 is 2.53 bits per heavy atom. The number of sulfonamides is 1. The number of alkyl halides is 3. The number of hydrogen-bond donors (Lipinski definition) is 1. The van der Waals surface area contributed by atoms with Gasteiger partial charge in [-0.3, -0.25) is 4.79 Å². The maximum absolute atomic E-state index is 13.3. The number of aryl methyl sites for hydroxylation is 2. The molecule has 1 aliphatic heterocycles. The van der Waals surface area contributed by atoms with Crippen LogP contribution in [0, 0.1) is 6.92 Å². The summed E-state index contributed by atoms with van der Waals surface area (Å²) in [6.45, 7) is 2.41. The number of tetrazole rings is 1. The summed E-state index contributed by atoms with van der Waals surface area (Å²) in [6, 6.07) is 8.99. The van der Waals surface area contributed by atoms with Crippen LogP contribution < -0.4 is 9.88 Å². The van der Waals surface area contributed by atoms with Crippen LogP contribution in [-0.2, 0) is 34.0 Å². The van der Waals surface area contributed by atoms with Gasteiger partial charge in [0.25, 0.3) is 0 Å². The van der Waals surface area contributed by atoms with E-state index in [1.165, 1.54) is 35.1 Å². The van der Waals surface area contributed by atoms with Crippen LogP contribution in [0.1, 0.15) is 41.8 Å². The maximum Gasteiger partial charge on any atom is 0.416 e. The average Bonchev–Trinajstić information content (AvgIpc) is 3.49. The second-order valence-electron chi connectivity index (χ2n) is 9.06. The minimum absolute atomic E-state index is 0.00128. The van der Waals surface area contributed by atoms with E-state index in [1.807, 2.05) is 0 Å². The zero-order valence-corrected chi connectivity index (χ0v) is 21.4. The van der Waals surface area contributed by atoms with Crippen molar-refractivity contribution >= 4 is 15.9 Å². The summed E-state index contributed by atoms with van der Waals surface area (Å²) in [6.07, 6.45) is -2.60. The molecule has 1 aromatic heterocycles. The zero-order valence-electron chi connectivity index (χ0n) is 20.6. The van der Waals surface area contributed by atoms with Crippen molar-refractivity contribution in [2.24, 2.45) is 5.14 Å². The van der Waals surface area contributed by atoms with E-state index in [0.717, 1.165) is 25.0 Å². The van der Waals surface area contributed by atoms with Crippen molar-refractivity contribution in [2.75, 3.05) is 13.2 Å². The van der Waals surface area contributed by atoms with Crippen LogP contribution in [0.2, 0.25) is 0 Å². The van der Waals surface area contributed by atoms with Crippen LogP contribution in [0.25, 0.3) is 0 Å². The van der Waals surface area contributed by atoms with Crippen LogP contribution >= 0.6 is 0 Å². The van der Waals surface area contributed by atoms with E-state index < -0.39 is 21.8 Å². The Kier molecular flexibility index (Phi) is 8.02. The number of nitrogens with zero attached hydrogens (tertiary/aromatic N) is 5. The van der Waals surface area contributed by atoms with E-state index in [4.69, 9.17) is 9.88 Å². The summed E-state index contributed by atoms with van der Waals surface area (Å²) in [5.41, 5.74) is 0.186. The molecule has 10 nitrogen and oxygen atoms in total. The summed E-state index contributed by atoms with van der Waals surface area (Å²) in [7, 11) is -3.80. The number of amides is 1. The van der Waals surface area contributed by atoms with E-state index in [1.54, 1.807) is 11.8 Å². The molecule has 3 aromatic rings. The molecule has 0 spiro atoms. The second-order valence-corrected chi connectivity index (χ2v) is 10.6. The fourth-order valence-electron chi connectivity index (χ4n) is 4.38. The van der Waals surface area contributed by atoms with E-state index in [-0.39, 0.29) is 42.8 Å². The summed E-state index contributed by atoms with van der Waals surface area (Å²) >= 11 is 0. The number of benzene rings is 2. The largest absolute Gasteiger partial charge is 0.491 e. The Hall–Kier alpha value is -3.52. The van der Waals surface area contributed by atoms with Crippen molar-refractivity contribution in [2.45, 2.75) is 56.3 Å². The van der Waals surface area contributed by atoms with Gasteiger partial charge in [0.15, 0.2) is 5.82 Å². The van der Waals surface area contributed by atoms with Crippen LogP contribution in [0.15, 0.2) is 47.4 Å². The van der Waals surface area contributed by atoms with Gasteiger partial charge in [-0.25, -0.2) is 13.6 Å². The first-order valence-corrected chi connectivity index (χ1v) is 13.4. The Morgan fingerprint density at radius 2 is 1.89 bits per heavy atom. The molecular weight excluding hydrogens is 525 g/mol. The first-order chi connectivity index (χ1) is 17.9. The van der Waals surface area contributed by atoms with Crippen molar-refractivity contribution in [3.05, 3.63) is 65.0 Å². The second kappa shape index (κ2) is 11.1. The predicted molar refractivity (Wildman–Crippen MR) is 129 cm³/mol. The highest BCUT2D eigenvalue weighted by molar-refractivity contribution is 7.89. The highest BCUT2D eigenvalue weighted by atomic mass is 32.2. The number of nitrogens with two attached hydrogens (primary N) is 1. The smallest absolute Gasteiger partial charge is 0.416 e. The molecule has 0 bridgehead atoms. The first-order valence-electron chi connectivity index (χ1n) is 11.9. The lowest BCUT2D eigenvalue weighted by Gasteiger charge is -2.25. The molecule has 0 aliphatic carbocycles. The number of primary sulfonamides is 1. The lowest BCUT2D eigenvalue weighted by atomic mass is 9.99. The molecule has 2 aromatic carbocycles. The first kappa shape index (κ1) is 27.5. The van der Waals surface area contributed by atoms with Crippen molar-refractivity contribution in [1.82, 2.24) is 25.1 Å². The molecule has 14 heteroatoms. The third kappa shape index (κ3) is 6.86. The molecule has 4 rings (SSSR count). The van der Waals surface area contributed by atoms with Crippen LogP contribution in [-0.4, -0.2) is 58.6 Å². The minimum Gasteiger partial charge on any atom is -0.491 e. The van der Waals surface area contributed by atoms with Crippen LogP contribution in [0.4, 0.5) is 13.2 Å². The Labute approximate surface area is 217 Å². The number of carbonyl (C=O) groups excluding carboxylic acids is 1. The Balaban J connectivity index is 1.40. The van der Waals surface area contributed by atoms with Crippen molar-refractivity contribution < 1.29 is 31.1 Å². The Bertz CT molecular complexity index is 1390. The standard InChI is InChI=1S/C24H27F3N6O4S/c1-16-29-31-33(30-16)14-18-13-19(24(25,26)27)6-4-17(18)5-11-23(34)32-12-2-3-20(32)15-37-21-7-9-22(10-8-21)38(28,35)36/h4,6-10,13,20H,2-3,5,11-12,14-15H2,1H3,(H2,28,35,36)/t20-/m1/s1. The number of aromatic nitrogens is 4. The molecule has 1 aliphatic rings. The summed E-state index contributed by atoms with van der Waals surface area (Å²) in [5, 5.41) is 16.8. The molecule has 204 valence electrons. The molecule has 38 heavy (non-hydrogen) atoms. The van der Waals surface area contributed by atoms with Gasteiger partial charge in [0, 0.05) is 13.0 Å². The molecule has 2 heterocycles. The van der Waals surface area contributed by atoms with E-state index in [0.29, 0.717) is 29.2 Å². The quantitative estimate of drug-likeness (QED) is 0.432. The zero-order chi connectivity index (χ0) is 27.5. The van der Waals surface area contributed by atoms with Crippen molar-refractivity contribution in [1.29, 1.82) is 0 Å². The van der Waals surface area contributed by atoms with Gasteiger partial charge in [-0.1, -0.05) is 6.07 Å². The summed E-state index contributed by atoms with van der Waals surface area (Å²) < 4.78 is 68.5. The van der Waals surface area contributed by atoms with Crippen molar-refractivity contribution in [3.63, 3.8) is 0 Å². The third-order valence-corrected chi connectivity index (χ3v) is 7.23. The third-order valence-electron chi connectivity index (χ3n) is 6.30. The fourth-order valence-corrected chi connectivity index (χ4v) is 4.89. The van der Waals surface area contributed by atoms with Gasteiger partial charge in [-0.15, -0.1) is 10.2 Å². The van der Waals surface area contributed by atoms with Crippen LogP contribution in [0.5, 0.6) is 5.75 Å². The monoisotopic (exact) mass is 552 g/mol. The van der Waals surface area contributed by atoms with Gasteiger partial charge in [-0.2, -0.15) is 18.0 Å². The number of carbonyl (C=O) groups is 1. The highest BCUT2D eigenvalue weighted by Crippen LogP contribution is 2.31. The normalized spacial score (nSPS) is 16.1. The van der Waals surface area contributed by atoms with Crippen LogP contribution in [0.3, 0.4) is 0 Å². The van der Waals surface area contributed by atoms with Gasteiger partial charge in [0.2, 0.25) is 15.9 Å². The van der Waals surface area contributed by atoms with E-state index in [2.05, 4.69) is 15.4 Å². The predicted octanol–water partition coefficient (Wildman–Crippen LogP) is 2.70. The molecule has 0 unspecified atom stereocenters. The molecule has 0 radical (unpaired) electrons. The number of halogens is 3. The molecular formula is C24H27F3N6O4S. The van der Waals surface area contributed by atoms with Gasteiger partial charge in [0.1, 0.15) is 12.4 Å². The van der Waals surface area contributed by atoms with Gasteiger partial charge < -0.3 is 9.64 Å². The highest BCUT2D eigenvalue weighted by Gasteiger charge is 2.32. The van der Waals surface area contributed by atoms with E-state index >= 15 is 0 Å². The fraction of sp³-hybridized carbons (Fsp3) is 0.417. The number of hydrogen-bond acceptors (Lipinski definition) is 7. The molecule has 1 saturated heterocycles. The number of rotatable bonds is 9. The number of likely N-dealkylation sites (tertiary alicyclic amines) is 1. The van der Waals surface area contributed by atoms with Gasteiger partial charge in [-0.05, 0) is 78.9 Å². The Morgan fingerprint density at radius 1 is 1.16 bits per heavy atom. The number of ether oxygens (including phenoxy) is 1. The summed E-state index contributed by atoms with van der Waals surface area (Å²) in [4.78, 5) is 16.0. The summed E-state index contributed by atoms with van der Waals surface area (Å²) in [5.74, 6) is 0.723. The van der Waals surface area contributed by atoms with Crippen molar-refractivity contribution in [3.8, 4) is 5.75 Å². The maximum atomic E-state index is 13.3. The van der Waals surface area contributed by atoms with Gasteiger partial charge in [0.05, 0.1) is 23.0 Å². The van der Waals surface area contributed by atoms with Gasteiger partial charge >= 0.3 is 6.18 Å². The lowest BCUT2D eigenvalue weighted by Crippen LogP contribution is -2.39. The molecule has 1 atom stereocenters. The molecule has 1 fully saturated rings. The molecule has 0 saturated carbocycles. The topological polar surface area (TPSA) is 133 Å². The van der Waals surface area contributed by atoms with E-state index in [9.17, 15) is 26.4 Å². The minimum atomic E-state index is -4.50. The average molecular weight is 553 g/mol. The molecule has 2 N–H and O–H groups in total. The lowest BCUT2D eigenvalue weighted by molar-refractivity contribution is -0.137. The SMILES string of the molecule is Cc1nnn(Cc2cc(C(F)(F)F)ccc2CCC(=O)N2CCC[C@@H]2COc2ccc(S(N)(=O)=O)cc2)n1.